The van der Waals surface area contributed by atoms with Gasteiger partial charge in [0.05, 0.1) is 24.6 Å². The number of rotatable bonds is 7. The monoisotopic (exact) mass is 276 g/mol. The van der Waals surface area contributed by atoms with Gasteiger partial charge in [0.1, 0.15) is 0 Å². The number of thioether (sulfide) groups is 1. The van der Waals surface area contributed by atoms with Crippen molar-refractivity contribution in [3.8, 4) is 0 Å². The number of aromatic amines is 1. The van der Waals surface area contributed by atoms with E-state index in [9.17, 15) is 8.42 Å². The first-order valence-corrected chi connectivity index (χ1v) is 8.06. The fraction of sp³-hybridized carbons (Fsp3) is 0.556. The maximum Gasteiger partial charge on any atom is 0.230 e. The fourth-order valence-electron chi connectivity index (χ4n) is 1.02. The maximum absolute atomic E-state index is 10.7. The molecule has 6 nitrogen and oxygen atoms in total. The normalized spacial score (nSPS) is 12.1. The molecule has 0 spiro atoms. The van der Waals surface area contributed by atoms with Gasteiger partial charge in [-0.2, -0.15) is 11.8 Å². The number of aliphatic imine (C=N–C) groups is 1. The molecule has 2 N–H and O–H groups in total. The summed E-state index contributed by atoms with van der Waals surface area (Å²) in [5, 5.41) is 0. The summed E-state index contributed by atoms with van der Waals surface area (Å²) < 4.78 is 23.6. The molecular weight excluding hydrogens is 260 g/mol. The number of aromatic nitrogens is 2. The van der Waals surface area contributed by atoms with Crippen LogP contribution in [0.15, 0.2) is 11.3 Å². The topological polar surface area (TPSA) is 87.2 Å². The minimum absolute atomic E-state index is 0.580. The number of hydrogen-bond donors (Lipinski definition) is 2. The van der Waals surface area contributed by atoms with Crippen LogP contribution in [0.25, 0.3) is 0 Å². The van der Waals surface area contributed by atoms with Gasteiger partial charge in [-0.15, -0.1) is 0 Å². The van der Waals surface area contributed by atoms with Crippen LogP contribution in [0.2, 0.25) is 0 Å². The number of sulfonamides is 1. The van der Waals surface area contributed by atoms with Crippen molar-refractivity contribution < 1.29 is 8.42 Å². The highest BCUT2D eigenvalue weighted by Gasteiger charge is 1.99. The van der Waals surface area contributed by atoms with Gasteiger partial charge in [-0.3, -0.25) is 9.71 Å². The Morgan fingerprint density at radius 2 is 2.41 bits per heavy atom. The van der Waals surface area contributed by atoms with Gasteiger partial charge in [-0.05, 0) is 6.92 Å². The molecule has 1 heterocycles. The van der Waals surface area contributed by atoms with Crippen molar-refractivity contribution in [2.75, 3.05) is 18.6 Å². The van der Waals surface area contributed by atoms with E-state index in [1.54, 1.807) is 18.1 Å². The molecule has 1 aromatic rings. The van der Waals surface area contributed by atoms with Gasteiger partial charge >= 0.3 is 0 Å². The Morgan fingerprint density at radius 3 is 3.00 bits per heavy atom. The van der Waals surface area contributed by atoms with E-state index in [2.05, 4.69) is 19.7 Å². The van der Waals surface area contributed by atoms with Crippen molar-refractivity contribution in [2.24, 2.45) is 4.99 Å². The summed E-state index contributed by atoms with van der Waals surface area (Å²) in [4.78, 5) is 11.1. The predicted octanol–water partition coefficient (Wildman–Crippen LogP) is 0.529. The summed E-state index contributed by atoms with van der Waals surface area (Å²) in [5.74, 6) is 1.67. The molecular formula is C9H16N4O2S2. The van der Waals surface area contributed by atoms with E-state index in [1.807, 2.05) is 6.92 Å². The van der Waals surface area contributed by atoms with Crippen LogP contribution in [0, 0.1) is 6.92 Å². The summed E-state index contributed by atoms with van der Waals surface area (Å²) in [7, 11) is -3.18. The zero-order valence-electron chi connectivity index (χ0n) is 9.80. The van der Waals surface area contributed by atoms with Gasteiger partial charge in [-0.25, -0.2) is 13.4 Å². The van der Waals surface area contributed by atoms with E-state index in [0.29, 0.717) is 6.54 Å². The van der Waals surface area contributed by atoms with Crippen molar-refractivity contribution in [3.05, 3.63) is 17.7 Å². The molecule has 0 radical (unpaired) electrons. The Kier molecular flexibility index (Phi) is 5.49. The van der Waals surface area contributed by atoms with Crippen LogP contribution in [0.3, 0.4) is 0 Å². The van der Waals surface area contributed by atoms with Gasteiger partial charge in [0.15, 0.2) is 0 Å². The third-order valence-electron chi connectivity index (χ3n) is 1.90. The van der Waals surface area contributed by atoms with Crippen molar-refractivity contribution >= 4 is 28.1 Å². The lowest BCUT2D eigenvalue weighted by molar-refractivity contribution is 0.599. The van der Waals surface area contributed by atoms with E-state index >= 15 is 0 Å². The maximum atomic E-state index is 10.7. The molecule has 0 atom stereocenters. The van der Waals surface area contributed by atoms with Crippen LogP contribution in [0.5, 0.6) is 0 Å². The molecule has 0 amide bonds. The van der Waals surface area contributed by atoms with Crippen LogP contribution in [0.1, 0.15) is 11.4 Å². The molecule has 0 unspecified atom stereocenters. The number of nitrogens with zero attached hydrogens (tertiary/aromatic N) is 2. The van der Waals surface area contributed by atoms with Crippen LogP contribution in [-0.2, 0) is 15.8 Å². The van der Waals surface area contributed by atoms with Crippen LogP contribution in [-0.4, -0.2) is 43.3 Å². The van der Waals surface area contributed by atoms with Crippen molar-refractivity contribution in [3.63, 3.8) is 0 Å². The SMILES string of the molecule is Cc1[nH]cnc1CSCCN=CNS(C)(=O)=O. The average Bonchev–Trinajstić information content (AvgIpc) is 2.61. The second kappa shape index (κ2) is 6.65. The lowest BCUT2D eigenvalue weighted by Crippen LogP contribution is -2.19. The first-order valence-electron chi connectivity index (χ1n) is 5.01. The van der Waals surface area contributed by atoms with Crippen molar-refractivity contribution in [1.82, 2.24) is 14.7 Å². The number of H-pyrrole nitrogens is 1. The molecule has 0 aliphatic heterocycles. The molecule has 8 heteroatoms. The first-order chi connectivity index (χ1) is 7.99. The van der Waals surface area contributed by atoms with Gasteiger partial charge in [0.2, 0.25) is 10.0 Å². The number of nitrogens with one attached hydrogen (secondary N) is 2. The fourth-order valence-corrected chi connectivity index (χ4v) is 2.15. The second-order valence-corrected chi connectivity index (χ2v) is 6.34. The minimum atomic E-state index is -3.18. The van der Waals surface area contributed by atoms with E-state index in [-0.39, 0.29) is 0 Å². The summed E-state index contributed by atoms with van der Waals surface area (Å²) in [6, 6.07) is 0. The number of aryl methyl sites for hydroxylation is 1. The zero-order chi connectivity index (χ0) is 12.7. The van der Waals surface area contributed by atoms with Gasteiger partial charge in [0, 0.05) is 23.7 Å². The predicted molar refractivity (Wildman–Crippen MR) is 70.8 cm³/mol. The molecule has 0 aliphatic carbocycles. The van der Waals surface area contributed by atoms with E-state index in [4.69, 9.17) is 0 Å². The van der Waals surface area contributed by atoms with Gasteiger partial charge in [-0.1, -0.05) is 0 Å². The molecule has 1 rings (SSSR count). The second-order valence-electron chi connectivity index (χ2n) is 3.45. The highest BCUT2D eigenvalue weighted by molar-refractivity contribution is 7.98. The smallest absolute Gasteiger partial charge is 0.230 e. The average molecular weight is 276 g/mol. The summed E-state index contributed by atoms with van der Waals surface area (Å²) in [6.45, 7) is 2.56. The highest BCUT2D eigenvalue weighted by atomic mass is 32.2. The Hall–Kier alpha value is -1.02. The summed E-state index contributed by atoms with van der Waals surface area (Å²) >= 11 is 1.71. The van der Waals surface area contributed by atoms with Crippen molar-refractivity contribution in [1.29, 1.82) is 0 Å². The standard InChI is InChI=1S/C9H16N4O2S2/c1-8-9(12-7-11-8)5-16-4-3-10-6-13-17(2,14)15/h6-7H,3-5H2,1-2H3,(H,10,13)(H,11,12). The molecule has 0 fully saturated rings. The lowest BCUT2D eigenvalue weighted by Gasteiger charge is -1.98. The first kappa shape index (κ1) is 14.0. The van der Waals surface area contributed by atoms with Crippen molar-refractivity contribution in [2.45, 2.75) is 12.7 Å². The Labute approximate surface area is 105 Å². The zero-order valence-corrected chi connectivity index (χ0v) is 11.4. The Morgan fingerprint density at radius 1 is 1.65 bits per heavy atom. The third-order valence-corrected chi connectivity index (χ3v) is 3.38. The lowest BCUT2D eigenvalue weighted by atomic mass is 10.4. The van der Waals surface area contributed by atoms with E-state index in [0.717, 1.165) is 29.1 Å². The van der Waals surface area contributed by atoms with Crippen LogP contribution in [0.4, 0.5) is 0 Å². The minimum Gasteiger partial charge on any atom is -0.348 e. The molecule has 0 aliphatic rings. The Bertz CT molecular complexity index is 467. The third kappa shape index (κ3) is 6.32. The molecule has 17 heavy (non-hydrogen) atoms. The summed E-state index contributed by atoms with van der Waals surface area (Å²) in [6.07, 6.45) is 3.99. The molecule has 0 saturated carbocycles. The van der Waals surface area contributed by atoms with E-state index in [1.165, 1.54) is 6.34 Å². The largest absolute Gasteiger partial charge is 0.348 e. The molecule has 0 saturated heterocycles. The molecule has 96 valence electrons. The molecule has 0 aromatic carbocycles. The number of imidazole rings is 1. The highest BCUT2D eigenvalue weighted by Crippen LogP contribution is 2.11. The van der Waals surface area contributed by atoms with Crippen LogP contribution < -0.4 is 4.72 Å². The molecule has 1 aromatic heterocycles. The molecule has 0 bridgehead atoms. The number of hydrogen-bond acceptors (Lipinski definition) is 5. The van der Waals surface area contributed by atoms with Crippen LogP contribution >= 0.6 is 11.8 Å². The van der Waals surface area contributed by atoms with Gasteiger partial charge in [0.25, 0.3) is 0 Å². The van der Waals surface area contributed by atoms with Gasteiger partial charge < -0.3 is 4.98 Å². The quantitative estimate of drug-likeness (QED) is 0.432. The Balaban J connectivity index is 2.11. The summed E-state index contributed by atoms with van der Waals surface area (Å²) in [5.41, 5.74) is 2.13. The van der Waals surface area contributed by atoms with E-state index < -0.39 is 10.0 Å².